The van der Waals surface area contributed by atoms with Gasteiger partial charge >= 0.3 is 0 Å². The smallest absolute Gasteiger partial charge is 0.118 e. The molecular weight excluding hydrogens is 282 g/mol. The number of likely N-dealkylation sites (tertiary alicyclic amines) is 1. The molecule has 1 heterocycles. The lowest BCUT2D eigenvalue weighted by Crippen LogP contribution is -2.43. The van der Waals surface area contributed by atoms with Crippen LogP contribution >= 0.6 is 0 Å². The van der Waals surface area contributed by atoms with Crippen molar-refractivity contribution in [3.8, 4) is 17.6 Å². The molecule has 1 saturated heterocycles. The lowest BCUT2D eigenvalue weighted by molar-refractivity contribution is 0.133. The molecule has 0 radical (unpaired) electrons. The highest BCUT2D eigenvalue weighted by Crippen LogP contribution is 2.30. The van der Waals surface area contributed by atoms with Crippen LogP contribution < -0.4 is 4.74 Å². The molecule has 1 atom stereocenters. The number of rotatable bonds is 3. The Balaban J connectivity index is 1.75. The Labute approximate surface area is 141 Å². The topological polar surface area (TPSA) is 12.5 Å². The van der Waals surface area contributed by atoms with E-state index in [1.54, 1.807) is 7.11 Å². The minimum Gasteiger partial charge on any atom is -0.497 e. The van der Waals surface area contributed by atoms with Crippen LogP contribution in [0.1, 0.15) is 56.9 Å². The van der Waals surface area contributed by atoms with Gasteiger partial charge in [0.25, 0.3) is 0 Å². The van der Waals surface area contributed by atoms with Gasteiger partial charge in [0.15, 0.2) is 0 Å². The third kappa shape index (κ3) is 4.52. The maximum atomic E-state index is 5.23. The van der Waals surface area contributed by atoms with Gasteiger partial charge in [0, 0.05) is 5.56 Å². The summed E-state index contributed by atoms with van der Waals surface area (Å²) in [5.74, 6) is 8.76. The van der Waals surface area contributed by atoms with Crippen LogP contribution in [0.4, 0.5) is 0 Å². The van der Waals surface area contributed by atoms with Crippen LogP contribution in [0.15, 0.2) is 24.3 Å². The van der Waals surface area contributed by atoms with Crippen LogP contribution in [0.5, 0.6) is 5.75 Å². The summed E-state index contributed by atoms with van der Waals surface area (Å²) in [6, 6.07) is 8.60. The van der Waals surface area contributed by atoms with Crippen molar-refractivity contribution in [3.63, 3.8) is 0 Å². The van der Waals surface area contributed by atoms with E-state index in [1.807, 2.05) is 12.1 Å². The minimum absolute atomic E-state index is 0.456. The van der Waals surface area contributed by atoms with Gasteiger partial charge in [0.2, 0.25) is 0 Å². The molecule has 0 spiro atoms. The van der Waals surface area contributed by atoms with Gasteiger partial charge < -0.3 is 4.74 Å². The second kappa shape index (κ2) is 8.41. The van der Waals surface area contributed by atoms with Gasteiger partial charge in [0.1, 0.15) is 5.75 Å². The second-order valence-electron chi connectivity index (χ2n) is 6.94. The molecule has 1 aliphatic heterocycles. The largest absolute Gasteiger partial charge is 0.497 e. The van der Waals surface area contributed by atoms with Crippen molar-refractivity contribution in [2.75, 3.05) is 20.2 Å². The van der Waals surface area contributed by atoms with Crippen molar-refractivity contribution >= 4 is 0 Å². The summed E-state index contributed by atoms with van der Waals surface area (Å²) in [5, 5.41) is 0. The molecule has 1 aromatic rings. The SMILES string of the molecule is COc1ccc(C#CC(C2CCCCC2)N2CCCCC2)cc1. The summed E-state index contributed by atoms with van der Waals surface area (Å²) in [4.78, 5) is 2.66. The van der Waals surface area contributed by atoms with Crippen molar-refractivity contribution in [1.82, 2.24) is 4.90 Å². The predicted molar refractivity (Wildman–Crippen MR) is 95.7 cm³/mol. The summed E-state index contributed by atoms with van der Waals surface area (Å²) in [6.07, 6.45) is 11.0. The molecule has 1 unspecified atom stereocenters. The van der Waals surface area contributed by atoms with E-state index in [2.05, 4.69) is 28.9 Å². The third-order valence-corrected chi connectivity index (χ3v) is 5.33. The number of hydrogen-bond acceptors (Lipinski definition) is 2. The zero-order chi connectivity index (χ0) is 15.9. The van der Waals surface area contributed by atoms with Crippen molar-refractivity contribution in [3.05, 3.63) is 29.8 Å². The van der Waals surface area contributed by atoms with Crippen LogP contribution in [0.3, 0.4) is 0 Å². The molecule has 1 saturated carbocycles. The monoisotopic (exact) mass is 311 g/mol. The molecule has 1 aliphatic carbocycles. The Kier molecular flexibility index (Phi) is 6.00. The molecule has 1 aromatic carbocycles. The molecule has 23 heavy (non-hydrogen) atoms. The molecule has 2 fully saturated rings. The highest BCUT2D eigenvalue weighted by atomic mass is 16.5. The van der Waals surface area contributed by atoms with Crippen LogP contribution in [-0.2, 0) is 0 Å². The van der Waals surface area contributed by atoms with E-state index in [0.29, 0.717) is 6.04 Å². The summed E-state index contributed by atoms with van der Waals surface area (Å²) < 4.78 is 5.23. The molecule has 124 valence electrons. The quantitative estimate of drug-likeness (QED) is 0.763. The first-order chi connectivity index (χ1) is 11.4. The highest BCUT2D eigenvalue weighted by molar-refractivity contribution is 5.39. The molecule has 0 N–H and O–H groups in total. The summed E-state index contributed by atoms with van der Waals surface area (Å²) >= 11 is 0. The van der Waals surface area contributed by atoms with Gasteiger partial charge in [0.05, 0.1) is 13.2 Å². The normalized spacial score (nSPS) is 21.3. The number of ether oxygens (including phenoxy) is 1. The Morgan fingerprint density at radius 1 is 0.957 bits per heavy atom. The third-order valence-electron chi connectivity index (χ3n) is 5.33. The lowest BCUT2D eigenvalue weighted by Gasteiger charge is -2.37. The van der Waals surface area contributed by atoms with Gasteiger partial charge in [-0.05, 0) is 69.0 Å². The van der Waals surface area contributed by atoms with E-state index in [0.717, 1.165) is 17.2 Å². The number of methoxy groups -OCH3 is 1. The van der Waals surface area contributed by atoms with E-state index in [-0.39, 0.29) is 0 Å². The molecule has 2 aliphatic rings. The molecule has 0 bridgehead atoms. The van der Waals surface area contributed by atoms with Gasteiger partial charge in [-0.2, -0.15) is 0 Å². The van der Waals surface area contributed by atoms with E-state index in [9.17, 15) is 0 Å². The molecule has 0 amide bonds. The van der Waals surface area contributed by atoms with E-state index in [4.69, 9.17) is 4.74 Å². The predicted octanol–water partition coefficient (Wildman–Crippen LogP) is 4.48. The van der Waals surface area contributed by atoms with Crippen LogP contribution in [0, 0.1) is 17.8 Å². The van der Waals surface area contributed by atoms with Gasteiger partial charge in [-0.1, -0.05) is 37.5 Å². The maximum absolute atomic E-state index is 5.23. The Morgan fingerprint density at radius 3 is 2.26 bits per heavy atom. The van der Waals surface area contributed by atoms with Crippen LogP contribution in [-0.4, -0.2) is 31.1 Å². The Morgan fingerprint density at radius 2 is 1.61 bits per heavy atom. The first-order valence-corrected chi connectivity index (χ1v) is 9.26. The van der Waals surface area contributed by atoms with Gasteiger partial charge in [-0.25, -0.2) is 0 Å². The van der Waals surface area contributed by atoms with E-state index in [1.165, 1.54) is 64.5 Å². The standard InChI is InChI=1S/C21H29NO/c1-23-20-13-10-18(11-14-20)12-15-21(19-8-4-2-5-9-19)22-16-6-3-7-17-22/h10-11,13-14,19,21H,2-9,16-17H2,1H3. The molecule has 0 aromatic heterocycles. The van der Waals surface area contributed by atoms with Gasteiger partial charge in [-0.3, -0.25) is 4.90 Å². The number of nitrogens with zero attached hydrogens (tertiary/aromatic N) is 1. The molecule has 3 rings (SSSR count). The summed E-state index contributed by atoms with van der Waals surface area (Å²) in [6.45, 7) is 2.47. The first kappa shape index (κ1) is 16.4. The van der Waals surface area contributed by atoms with Crippen LogP contribution in [0.25, 0.3) is 0 Å². The Hall–Kier alpha value is -1.46. The molecule has 2 nitrogen and oxygen atoms in total. The minimum atomic E-state index is 0.456. The zero-order valence-electron chi connectivity index (χ0n) is 14.4. The van der Waals surface area contributed by atoms with Crippen molar-refractivity contribution in [1.29, 1.82) is 0 Å². The average molecular weight is 311 g/mol. The summed E-state index contributed by atoms with van der Waals surface area (Å²) in [5.41, 5.74) is 1.10. The number of hydrogen-bond donors (Lipinski definition) is 0. The van der Waals surface area contributed by atoms with Crippen LogP contribution in [0.2, 0.25) is 0 Å². The molecular formula is C21H29NO. The van der Waals surface area contributed by atoms with E-state index >= 15 is 0 Å². The fraction of sp³-hybridized carbons (Fsp3) is 0.619. The average Bonchev–Trinajstić information content (AvgIpc) is 2.64. The zero-order valence-corrected chi connectivity index (χ0v) is 14.4. The maximum Gasteiger partial charge on any atom is 0.118 e. The summed E-state index contributed by atoms with van der Waals surface area (Å²) in [7, 11) is 1.70. The lowest BCUT2D eigenvalue weighted by atomic mass is 9.82. The van der Waals surface area contributed by atoms with Crippen molar-refractivity contribution in [2.24, 2.45) is 5.92 Å². The number of piperidine rings is 1. The van der Waals surface area contributed by atoms with E-state index < -0.39 is 0 Å². The Bertz CT molecular complexity index is 509. The second-order valence-corrected chi connectivity index (χ2v) is 6.94. The van der Waals surface area contributed by atoms with Crippen molar-refractivity contribution in [2.45, 2.75) is 57.4 Å². The highest BCUT2D eigenvalue weighted by Gasteiger charge is 2.28. The fourth-order valence-corrected chi connectivity index (χ4v) is 3.99. The van der Waals surface area contributed by atoms with Crippen molar-refractivity contribution < 1.29 is 4.74 Å². The number of benzene rings is 1. The first-order valence-electron chi connectivity index (χ1n) is 9.26. The molecule has 2 heteroatoms. The van der Waals surface area contributed by atoms with Gasteiger partial charge in [-0.15, -0.1) is 0 Å². The fourth-order valence-electron chi connectivity index (χ4n) is 3.99.